The molecular weight excluding hydrogens is 220 g/mol. The van der Waals surface area contributed by atoms with Gasteiger partial charge in [-0.25, -0.2) is 0 Å². The Labute approximate surface area is 97.6 Å². The van der Waals surface area contributed by atoms with Gasteiger partial charge in [-0.3, -0.25) is 15.2 Å². The van der Waals surface area contributed by atoms with E-state index in [1.54, 1.807) is 12.1 Å². The molecule has 6 nitrogen and oxygen atoms in total. The summed E-state index contributed by atoms with van der Waals surface area (Å²) in [5.41, 5.74) is 8.38. The first-order valence-corrected chi connectivity index (χ1v) is 5.21. The molecule has 0 fully saturated rings. The van der Waals surface area contributed by atoms with Crippen molar-refractivity contribution >= 4 is 11.5 Å². The normalized spacial score (nSPS) is 10.4. The van der Waals surface area contributed by atoms with E-state index < -0.39 is 4.92 Å². The number of nitrogens with one attached hydrogen (secondary N) is 1. The number of aromatic nitrogens is 2. The number of benzene rings is 1. The van der Waals surface area contributed by atoms with E-state index in [1.807, 2.05) is 6.92 Å². The minimum Gasteiger partial charge on any atom is -0.382 e. The fraction of sp³-hybridized carbons (Fsp3) is 0.182. The van der Waals surface area contributed by atoms with Crippen LogP contribution in [-0.2, 0) is 6.42 Å². The van der Waals surface area contributed by atoms with Gasteiger partial charge < -0.3 is 5.73 Å². The first-order chi connectivity index (χ1) is 8.13. The molecule has 17 heavy (non-hydrogen) atoms. The van der Waals surface area contributed by atoms with Crippen molar-refractivity contribution in [2.24, 2.45) is 0 Å². The molecule has 2 rings (SSSR count). The van der Waals surface area contributed by atoms with Crippen molar-refractivity contribution in [3.63, 3.8) is 0 Å². The molecular formula is C11H12N4O2. The lowest BCUT2D eigenvalue weighted by atomic mass is 10.1. The summed E-state index contributed by atoms with van der Waals surface area (Å²) in [6.07, 6.45) is 0.759. The molecule has 3 N–H and O–H groups in total. The zero-order chi connectivity index (χ0) is 12.4. The summed E-state index contributed by atoms with van der Waals surface area (Å²) >= 11 is 0. The van der Waals surface area contributed by atoms with Crippen LogP contribution in [0.15, 0.2) is 24.3 Å². The third-order valence-corrected chi connectivity index (χ3v) is 2.62. The van der Waals surface area contributed by atoms with Gasteiger partial charge in [-0.05, 0) is 18.6 Å². The highest BCUT2D eigenvalue weighted by Gasteiger charge is 2.12. The maximum atomic E-state index is 10.5. The van der Waals surface area contributed by atoms with Gasteiger partial charge in [-0.1, -0.05) is 6.92 Å². The Kier molecular flexibility index (Phi) is 2.78. The predicted octanol–water partition coefficient (Wildman–Crippen LogP) is 2.13. The predicted molar refractivity (Wildman–Crippen MR) is 64.5 cm³/mol. The first-order valence-electron chi connectivity index (χ1n) is 5.21. The fourth-order valence-corrected chi connectivity index (χ4v) is 1.73. The third kappa shape index (κ3) is 1.96. The summed E-state index contributed by atoms with van der Waals surface area (Å²) in [6, 6.07) is 6.30. The molecule has 0 radical (unpaired) electrons. The van der Waals surface area contributed by atoms with Crippen molar-refractivity contribution in [3.8, 4) is 11.3 Å². The van der Waals surface area contributed by atoms with Crippen molar-refractivity contribution in [1.29, 1.82) is 0 Å². The second kappa shape index (κ2) is 4.25. The topological polar surface area (TPSA) is 97.8 Å². The minimum atomic E-state index is -0.425. The van der Waals surface area contributed by atoms with Crippen LogP contribution in [0, 0.1) is 10.1 Å². The summed E-state index contributed by atoms with van der Waals surface area (Å²) in [7, 11) is 0. The molecule has 0 spiro atoms. The van der Waals surface area contributed by atoms with Gasteiger partial charge in [0.1, 0.15) is 5.82 Å². The van der Waals surface area contributed by atoms with Crippen LogP contribution < -0.4 is 5.73 Å². The summed E-state index contributed by atoms with van der Waals surface area (Å²) in [5, 5.41) is 17.3. The van der Waals surface area contributed by atoms with E-state index in [1.165, 1.54) is 12.1 Å². The maximum absolute atomic E-state index is 10.5. The Hall–Kier alpha value is -2.37. The van der Waals surface area contributed by atoms with Crippen molar-refractivity contribution in [1.82, 2.24) is 10.2 Å². The van der Waals surface area contributed by atoms with Gasteiger partial charge in [0.05, 0.1) is 10.6 Å². The molecule has 0 atom stereocenters. The Morgan fingerprint density at radius 1 is 1.41 bits per heavy atom. The highest BCUT2D eigenvalue weighted by atomic mass is 16.6. The van der Waals surface area contributed by atoms with E-state index in [-0.39, 0.29) is 5.69 Å². The number of nitro groups is 1. The van der Waals surface area contributed by atoms with E-state index in [4.69, 9.17) is 5.73 Å². The summed E-state index contributed by atoms with van der Waals surface area (Å²) in [6.45, 7) is 1.98. The molecule has 0 saturated carbocycles. The number of anilines is 1. The number of rotatable bonds is 3. The Morgan fingerprint density at radius 3 is 2.59 bits per heavy atom. The van der Waals surface area contributed by atoms with Crippen LogP contribution in [0.25, 0.3) is 11.3 Å². The largest absolute Gasteiger partial charge is 0.382 e. The highest BCUT2D eigenvalue weighted by molar-refractivity contribution is 5.68. The molecule has 2 aromatic rings. The number of nitrogens with two attached hydrogens (primary N) is 1. The van der Waals surface area contributed by atoms with Gasteiger partial charge in [-0.15, -0.1) is 0 Å². The van der Waals surface area contributed by atoms with Gasteiger partial charge in [0.15, 0.2) is 0 Å². The molecule has 0 unspecified atom stereocenters. The van der Waals surface area contributed by atoms with Crippen molar-refractivity contribution < 1.29 is 4.92 Å². The molecule has 0 aliphatic heterocycles. The minimum absolute atomic E-state index is 0.0688. The standard InChI is InChI=1S/C11H12N4O2/c1-2-9-10(13-14-11(9)12)7-3-5-8(6-4-7)15(16)17/h3-6H,2H2,1H3,(H3,12,13,14). The molecule has 88 valence electrons. The average molecular weight is 232 g/mol. The molecule has 0 saturated heterocycles. The second-order valence-electron chi connectivity index (χ2n) is 3.62. The van der Waals surface area contributed by atoms with Crippen LogP contribution in [0.3, 0.4) is 0 Å². The van der Waals surface area contributed by atoms with Gasteiger partial charge >= 0.3 is 0 Å². The van der Waals surface area contributed by atoms with Crippen LogP contribution in [-0.4, -0.2) is 15.1 Å². The Morgan fingerprint density at radius 2 is 2.06 bits per heavy atom. The Bertz CT molecular complexity index is 545. The summed E-state index contributed by atoms with van der Waals surface area (Å²) in [5.74, 6) is 0.473. The molecule has 0 aliphatic carbocycles. The van der Waals surface area contributed by atoms with Crippen molar-refractivity contribution in [3.05, 3.63) is 39.9 Å². The Balaban J connectivity index is 2.43. The lowest BCUT2D eigenvalue weighted by Crippen LogP contribution is -1.91. The lowest BCUT2D eigenvalue weighted by molar-refractivity contribution is -0.384. The molecule has 0 bridgehead atoms. The SMILES string of the molecule is CCc1c(N)n[nH]c1-c1ccc([N+](=O)[O-])cc1. The quantitative estimate of drug-likeness (QED) is 0.625. The van der Waals surface area contributed by atoms with E-state index in [0.29, 0.717) is 5.82 Å². The third-order valence-electron chi connectivity index (χ3n) is 2.62. The van der Waals surface area contributed by atoms with Crippen molar-refractivity contribution in [2.75, 3.05) is 5.73 Å². The van der Waals surface area contributed by atoms with Crippen LogP contribution in [0.5, 0.6) is 0 Å². The number of aromatic amines is 1. The number of nitrogens with zero attached hydrogens (tertiary/aromatic N) is 2. The number of hydrogen-bond acceptors (Lipinski definition) is 4. The number of hydrogen-bond donors (Lipinski definition) is 2. The zero-order valence-corrected chi connectivity index (χ0v) is 9.30. The van der Waals surface area contributed by atoms with Crippen LogP contribution in [0.2, 0.25) is 0 Å². The van der Waals surface area contributed by atoms with Gasteiger partial charge in [0.25, 0.3) is 5.69 Å². The van der Waals surface area contributed by atoms with E-state index in [9.17, 15) is 10.1 Å². The van der Waals surface area contributed by atoms with Gasteiger partial charge in [0.2, 0.25) is 0 Å². The lowest BCUT2D eigenvalue weighted by Gasteiger charge is -2.01. The average Bonchev–Trinajstić information content (AvgIpc) is 2.70. The summed E-state index contributed by atoms with van der Waals surface area (Å²) < 4.78 is 0. The molecule has 1 aromatic heterocycles. The van der Waals surface area contributed by atoms with Gasteiger partial charge in [-0.2, -0.15) is 5.10 Å². The molecule has 6 heteroatoms. The number of nitrogen functional groups attached to an aromatic ring is 1. The number of H-pyrrole nitrogens is 1. The molecule has 1 heterocycles. The molecule has 0 amide bonds. The molecule has 0 aliphatic rings. The van der Waals surface area contributed by atoms with E-state index in [2.05, 4.69) is 10.2 Å². The fourth-order valence-electron chi connectivity index (χ4n) is 1.73. The number of nitro benzene ring substituents is 1. The van der Waals surface area contributed by atoms with Crippen molar-refractivity contribution in [2.45, 2.75) is 13.3 Å². The zero-order valence-electron chi connectivity index (χ0n) is 9.30. The van der Waals surface area contributed by atoms with Gasteiger partial charge in [0, 0.05) is 23.3 Å². The maximum Gasteiger partial charge on any atom is 0.269 e. The van der Waals surface area contributed by atoms with E-state index >= 15 is 0 Å². The second-order valence-corrected chi connectivity index (χ2v) is 3.62. The molecule has 1 aromatic carbocycles. The smallest absolute Gasteiger partial charge is 0.269 e. The monoisotopic (exact) mass is 232 g/mol. The van der Waals surface area contributed by atoms with E-state index in [0.717, 1.165) is 23.2 Å². The van der Waals surface area contributed by atoms with Crippen LogP contribution >= 0.6 is 0 Å². The summed E-state index contributed by atoms with van der Waals surface area (Å²) in [4.78, 5) is 10.1. The first kappa shape index (κ1) is 11.1. The highest BCUT2D eigenvalue weighted by Crippen LogP contribution is 2.26. The van der Waals surface area contributed by atoms with Crippen LogP contribution in [0.1, 0.15) is 12.5 Å². The number of non-ortho nitro benzene ring substituents is 1. The van der Waals surface area contributed by atoms with Crippen LogP contribution in [0.4, 0.5) is 11.5 Å².